The van der Waals surface area contributed by atoms with Crippen LogP contribution in [0.15, 0.2) is 0 Å². The first-order valence-electron chi connectivity index (χ1n) is 3.23. The van der Waals surface area contributed by atoms with Crippen molar-refractivity contribution in [3.05, 3.63) is 0 Å². The average Bonchev–Trinajstić information content (AvgIpc) is 1.92. The molecular weight excluding hydrogens is 338 g/mol. The quantitative estimate of drug-likeness (QED) is 0.361. The van der Waals surface area contributed by atoms with Gasteiger partial charge in [0.15, 0.2) is 10.5 Å². The number of rotatable bonds is 5. The fourth-order valence-electron chi connectivity index (χ4n) is 0.803. The molecule has 0 aromatic carbocycles. The van der Waals surface area contributed by atoms with Crippen LogP contribution in [0, 0.1) is 0 Å². The van der Waals surface area contributed by atoms with E-state index in [2.05, 4.69) is 0 Å². The van der Waals surface area contributed by atoms with Crippen molar-refractivity contribution < 1.29 is 65.2 Å². The summed E-state index contributed by atoms with van der Waals surface area (Å²) in [5, 5.41) is 13.7. The molecule has 0 aromatic heterocycles. The molecule has 10 nitrogen and oxygen atoms in total. The summed E-state index contributed by atoms with van der Waals surface area (Å²) in [5.41, 5.74) is 0. The summed E-state index contributed by atoms with van der Waals surface area (Å²) in [7, 11) is -11.2. The van der Waals surface area contributed by atoms with Gasteiger partial charge in [0.1, 0.15) is 0 Å². The summed E-state index contributed by atoms with van der Waals surface area (Å²) in [4.78, 5) is 20.4. The number of hydrogen-bond acceptors (Lipinski definition) is 8. The molecule has 17 heavy (non-hydrogen) atoms. The molecule has 0 bridgehead atoms. The molecule has 13 heteroatoms. The van der Waals surface area contributed by atoms with Gasteiger partial charge in [0.25, 0.3) is 20.2 Å². The van der Waals surface area contributed by atoms with Gasteiger partial charge in [-0.1, -0.05) is 0 Å². The fourth-order valence-corrected chi connectivity index (χ4v) is 2.98. The molecule has 2 unspecified atom stereocenters. The molecule has 0 fully saturated rings. The van der Waals surface area contributed by atoms with Crippen molar-refractivity contribution in [2.24, 2.45) is 0 Å². The van der Waals surface area contributed by atoms with E-state index in [4.69, 9.17) is 9.11 Å². The Kier molecular flexibility index (Phi) is 6.42. The molecule has 0 aromatic rings. The van der Waals surface area contributed by atoms with Crippen LogP contribution in [0.25, 0.3) is 0 Å². The van der Waals surface area contributed by atoms with Crippen LogP contribution >= 0.6 is 0 Å². The minimum absolute atomic E-state index is 0. The van der Waals surface area contributed by atoms with E-state index in [9.17, 15) is 36.6 Å². The van der Waals surface area contributed by atoms with E-state index in [0.29, 0.717) is 0 Å². The molecule has 0 amide bonds. The molecule has 2 N–H and O–H groups in total. The van der Waals surface area contributed by atoms with E-state index < -0.39 is 42.7 Å². The molecule has 0 saturated heterocycles. The van der Waals surface area contributed by atoms with Crippen molar-refractivity contribution in [3.8, 4) is 0 Å². The Morgan fingerprint density at radius 3 is 1.06 bits per heavy atom. The summed E-state index contributed by atoms with van der Waals surface area (Å²) in [5.74, 6) is -5.43. The number of carbonyl (C=O) groups is 2. The van der Waals surface area contributed by atoms with Gasteiger partial charge in [-0.25, -0.2) is 0 Å². The first kappa shape index (κ1) is 18.7. The van der Waals surface area contributed by atoms with Gasteiger partial charge in [-0.05, 0) is 0 Å². The third-order valence-corrected chi connectivity index (χ3v) is 3.77. The Labute approximate surface area is 108 Å². The Morgan fingerprint density at radius 1 is 0.824 bits per heavy atom. The van der Waals surface area contributed by atoms with Crippen molar-refractivity contribution in [2.75, 3.05) is 0 Å². The number of carboxylic acids is 2. The van der Waals surface area contributed by atoms with E-state index in [1.807, 2.05) is 0 Å². The maximum Gasteiger partial charge on any atom is 2.00 e. The molecule has 0 aliphatic heterocycles. The van der Waals surface area contributed by atoms with Gasteiger partial charge >= 0.3 is 19.5 Å². The minimum atomic E-state index is -5.61. The predicted molar refractivity (Wildman–Crippen MR) is 40.7 cm³/mol. The second-order valence-corrected chi connectivity index (χ2v) is 5.58. The van der Waals surface area contributed by atoms with Crippen LogP contribution < -0.4 is 10.2 Å². The second kappa shape index (κ2) is 5.82. The van der Waals surface area contributed by atoms with Gasteiger partial charge in [-0.2, -0.15) is 16.8 Å². The van der Waals surface area contributed by atoms with E-state index >= 15 is 0 Å². The van der Waals surface area contributed by atoms with Crippen molar-refractivity contribution in [3.63, 3.8) is 0 Å². The molecule has 2 atom stereocenters. The molecule has 0 heterocycles. The number of hydrogen-bond donors (Lipinski definition) is 2. The average molecular weight is 342 g/mol. The molecule has 0 rings (SSSR count). The molecule has 94 valence electrons. The standard InChI is InChI=1S/C4H6O10S2.Zn/c5-3(6)1(15(9,10)11)2(4(7)8)16(12,13)14;/h1-2H,(H,5,6)(H,7,8)(H,9,10,11)(H,12,13,14);/q;+2/p-2. The summed E-state index contributed by atoms with van der Waals surface area (Å²) in [6.45, 7) is 0. The van der Waals surface area contributed by atoms with Crippen molar-refractivity contribution in [2.45, 2.75) is 10.5 Å². The topological polar surface area (TPSA) is 189 Å². The molecular formula is C4H4O10S2Zn. The minimum Gasteiger partial charge on any atom is -0.549 e. The smallest absolute Gasteiger partial charge is 0.549 e. The normalized spacial score (nSPS) is 15.4. The first-order chi connectivity index (χ1) is 6.89. The third-order valence-electron chi connectivity index (χ3n) is 1.38. The van der Waals surface area contributed by atoms with Crippen LogP contribution in [0.5, 0.6) is 0 Å². The Bertz CT molecular complexity index is 454. The van der Waals surface area contributed by atoms with Gasteiger partial charge in [-0.15, -0.1) is 0 Å². The second-order valence-electron chi connectivity index (χ2n) is 2.51. The molecule has 0 spiro atoms. The van der Waals surface area contributed by atoms with Crippen molar-refractivity contribution >= 4 is 32.2 Å². The van der Waals surface area contributed by atoms with Gasteiger partial charge in [0.2, 0.25) is 0 Å². The number of carboxylic acid groups (broad SMARTS) is 2. The molecule has 0 radical (unpaired) electrons. The summed E-state index contributed by atoms with van der Waals surface area (Å²) in [6.07, 6.45) is 0. The first-order valence-corrected chi connectivity index (χ1v) is 6.24. The van der Waals surface area contributed by atoms with Gasteiger partial charge < -0.3 is 19.8 Å². The Morgan fingerprint density at radius 2 is 1.00 bits per heavy atom. The van der Waals surface area contributed by atoms with Gasteiger partial charge in [0.05, 0.1) is 11.9 Å². The van der Waals surface area contributed by atoms with Crippen molar-refractivity contribution in [1.82, 2.24) is 0 Å². The summed E-state index contributed by atoms with van der Waals surface area (Å²) in [6, 6.07) is 0. The number of carbonyl (C=O) groups excluding carboxylic acids is 2. The Hall–Kier alpha value is -0.617. The van der Waals surface area contributed by atoms with Gasteiger partial charge in [-0.3, -0.25) is 9.11 Å². The summed E-state index contributed by atoms with van der Waals surface area (Å²) >= 11 is 0. The molecule has 0 aliphatic rings. The zero-order valence-electron chi connectivity index (χ0n) is 7.84. The fraction of sp³-hybridized carbons (Fsp3) is 0.500. The largest absolute Gasteiger partial charge is 2.00 e. The van der Waals surface area contributed by atoms with Crippen LogP contribution in [0.4, 0.5) is 0 Å². The predicted octanol–water partition coefficient (Wildman–Crippen LogP) is -5.00. The van der Waals surface area contributed by atoms with Gasteiger partial charge in [0, 0.05) is 0 Å². The number of aliphatic carboxylic acids is 2. The zero-order valence-corrected chi connectivity index (χ0v) is 12.4. The zero-order chi connectivity index (χ0) is 13.3. The molecule has 0 saturated carbocycles. The van der Waals surface area contributed by atoms with Crippen LogP contribution in [-0.2, 0) is 49.3 Å². The maximum absolute atomic E-state index is 10.4. The van der Waals surface area contributed by atoms with Crippen LogP contribution in [0.2, 0.25) is 0 Å². The van der Waals surface area contributed by atoms with E-state index in [1.165, 1.54) is 0 Å². The monoisotopic (exact) mass is 340 g/mol. The third kappa shape index (κ3) is 5.04. The van der Waals surface area contributed by atoms with Crippen LogP contribution in [-0.4, -0.2) is 48.4 Å². The van der Waals surface area contributed by atoms with Crippen LogP contribution in [0.3, 0.4) is 0 Å². The van der Waals surface area contributed by atoms with Crippen LogP contribution in [0.1, 0.15) is 0 Å². The van der Waals surface area contributed by atoms with E-state index in [0.717, 1.165) is 0 Å². The summed E-state index contributed by atoms with van der Waals surface area (Å²) < 4.78 is 58.4. The van der Waals surface area contributed by atoms with E-state index in [1.54, 1.807) is 0 Å². The SMILES string of the molecule is O=C([O-])C(C(C(=O)[O-])S(=O)(=O)O)S(=O)(=O)O.[Zn+2]. The Balaban J connectivity index is 0. The maximum atomic E-state index is 10.4. The van der Waals surface area contributed by atoms with Crippen molar-refractivity contribution in [1.29, 1.82) is 0 Å². The van der Waals surface area contributed by atoms with E-state index in [-0.39, 0.29) is 19.5 Å². The molecule has 0 aliphatic carbocycles.